The van der Waals surface area contributed by atoms with Crippen LogP contribution in [0.15, 0.2) is 70.1 Å². The Kier molecular flexibility index (Phi) is 9.96. The first kappa shape index (κ1) is 31.7. The summed E-state index contributed by atoms with van der Waals surface area (Å²) in [4.78, 5) is 35.3. The van der Waals surface area contributed by atoms with Crippen molar-refractivity contribution in [3.63, 3.8) is 0 Å². The first-order valence-electron chi connectivity index (χ1n) is 15.3. The number of amides is 1. The van der Waals surface area contributed by atoms with Crippen LogP contribution in [-0.4, -0.2) is 93.1 Å². The summed E-state index contributed by atoms with van der Waals surface area (Å²) in [5.41, 5.74) is 1.86. The first-order chi connectivity index (χ1) is 22.5. The molecule has 2 atom stereocenters. The largest absolute Gasteiger partial charge is 0.493 e. The number of carbonyl (C=O) groups is 1. The van der Waals surface area contributed by atoms with Gasteiger partial charge >= 0.3 is 0 Å². The van der Waals surface area contributed by atoms with E-state index in [0.29, 0.717) is 65.7 Å². The van der Waals surface area contributed by atoms with Crippen molar-refractivity contribution in [2.45, 2.75) is 17.8 Å². The minimum absolute atomic E-state index is 0.0864. The lowest BCUT2D eigenvalue weighted by molar-refractivity contribution is -0.134. The van der Waals surface area contributed by atoms with Crippen molar-refractivity contribution in [1.82, 2.24) is 20.1 Å². The quantitative estimate of drug-likeness (QED) is 0.237. The number of methoxy groups -OCH3 is 3. The van der Waals surface area contributed by atoms with Crippen LogP contribution in [0.25, 0.3) is 22.3 Å². The van der Waals surface area contributed by atoms with Gasteiger partial charge in [-0.15, -0.1) is 11.8 Å². The SMILES string of the molecule is COc1cc(-c2oc3ccccc3c(=O)c2OCCCN2CCN(C(=O)[C@@H]3CSC(c4cccnc4)N3)CC2)cc(OC)c1OC. The zero-order valence-corrected chi connectivity index (χ0v) is 27.0. The summed E-state index contributed by atoms with van der Waals surface area (Å²) in [5.74, 6) is 2.64. The molecule has 0 saturated carbocycles. The molecule has 12 heteroatoms. The summed E-state index contributed by atoms with van der Waals surface area (Å²) in [5, 5.41) is 4.00. The number of piperazine rings is 1. The van der Waals surface area contributed by atoms with Gasteiger partial charge in [0.2, 0.25) is 22.8 Å². The molecule has 2 aliphatic heterocycles. The second-order valence-corrected chi connectivity index (χ2v) is 12.2. The van der Waals surface area contributed by atoms with E-state index >= 15 is 0 Å². The van der Waals surface area contributed by atoms with Gasteiger partial charge in [-0.2, -0.15) is 0 Å². The molecule has 0 spiro atoms. The van der Waals surface area contributed by atoms with E-state index in [2.05, 4.69) is 15.2 Å². The van der Waals surface area contributed by atoms with Crippen LogP contribution in [0.1, 0.15) is 17.4 Å². The van der Waals surface area contributed by atoms with E-state index < -0.39 is 0 Å². The van der Waals surface area contributed by atoms with Crippen molar-refractivity contribution >= 4 is 28.6 Å². The number of para-hydroxylation sites is 1. The smallest absolute Gasteiger partial charge is 0.240 e. The topological polar surface area (TPSA) is 116 Å². The molecule has 2 aromatic carbocycles. The number of thioether (sulfide) groups is 1. The van der Waals surface area contributed by atoms with Crippen molar-refractivity contribution in [3.05, 3.63) is 76.7 Å². The molecular weight excluding hydrogens is 608 g/mol. The fourth-order valence-electron chi connectivity index (χ4n) is 5.87. The van der Waals surface area contributed by atoms with Crippen molar-refractivity contribution < 1.29 is 28.2 Å². The number of aromatic nitrogens is 1. The summed E-state index contributed by atoms with van der Waals surface area (Å²) in [6.45, 7) is 4.03. The Labute approximate surface area is 271 Å². The van der Waals surface area contributed by atoms with Gasteiger partial charge in [0.05, 0.1) is 44.7 Å². The van der Waals surface area contributed by atoms with E-state index in [-0.39, 0.29) is 28.5 Å². The maximum Gasteiger partial charge on any atom is 0.240 e. The summed E-state index contributed by atoms with van der Waals surface area (Å²) >= 11 is 1.74. The molecule has 46 heavy (non-hydrogen) atoms. The summed E-state index contributed by atoms with van der Waals surface area (Å²) < 4.78 is 29.0. The van der Waals surface area contributed by atoms with E-state index in [1.54, 1.807) is 48.3 Å². The van der Waals surface area contributed by atoms with E-state index in [1.165, 1.54) is 21.3 Å². The number of benzene rings is 2. The highest BCUT2D eigenvalue weighted by molar-refractivity contribution is 7.99. The molecule has 0 aliphatic carbocycles. The third-order valence-corrected chi connectivity index (χ3v) is 9.57. The normalized spacial score (nSPS) is 18.5. The molecular formula is C34H38N4O7S. The molecule has 1 N–H and O–H groups in total. The molecule has 4 heterocycles. The maximum atomic E-state index is 13.6. The highest BCUT2D eigenvalue weighted by atomic mass is 32.2. The van der Waals surface area contributed by atoms with Crippen LogP contribution < -0.4 is 29.7 Å². The summed E-state index contributed by atoms with van der Waals surface area (Å²) in [6.07, 6.45) is 4.30. The van der Waals surface area contributed by atoms with Crippen molar-refractivity contribution in [2.75, 3.05) is 66.4 Å². The van der Waals surface area contributed by atoms with Gasteiger partial charge in [-0.3, -0.25) is 24.8 Å². The highest BCUT2D eigenvalue weighted by Crippen LogP contribution is 2.43. The van der Waals surface area contributed by atoms with Crippen LogP contribution in [0, 0.1) is 0 Å². The number of hydrogen-bond acceptors (Lipinski definition) is 11. The summed E-state index contributed by atoms with van der Waals surface area (Å²) in [6, 6.07) is 14.3. The molecule has 242 valence electrons. The van der Waals surface area contributed by atoms with Crippen molar-refractivity contribution in [3.8, 4) is 34.3 Å². The van der Waals surface area contributed by atoms with Crippen molar-refractivity contribution in [2.24, 2.45) is 0 Å². The van der Waals surface area contributed by atoms with Gasteiger partial charge in [0, 0.05) is 56.4 Å². The molecule has 1 amide bonds. The van der Waals surface area contributed by atoms with Gasteiger partial charge in [0.25, 0.3) is 0 Å². The Hall–Kier alpha value is -4.26. The van der Waals surface area contributed by atoms with Gasteiger partial charge in [0.1, 0.15) is 5.58 Å². The van der Waals surface area contributed by atoms with Crippen LogP contribution in [0.4, 0.5) is 0 Å². The number of hydrogen-bond donors (Lipinski definition) is 1. The zero-order valence-electron chi connectivity index (χ0n) is 26.2. The predicted molar refractivity (Wildman–Crippen MR) is 177 cm³/mol. The maximum absolute atomic E-state index is 13.6. The Bertz CT molecular complexity index is 1700. The second-order valence-electron chi connectivity index (χ2n) is 11.1. The number of nitrogens with one attached hydrogen (secondary N) is 1. The Balaban J connectivity index is 1.07. The van der Waals surface area contributed by atoms with E-state index in [1.807, 2.05) is 29.3 Å². The van der Waals surface area contributed by atoms with E-state index in [4.69, 9.17) is 23.4 Å². The Morgan fingerprint density at radius 2 is 1.76 bits per heavy atom. The lowest BCUT2D eigenvalue weighted by Crippen LogP contribution is -2.53. The zero-order chi connectivity index (χ0) is 32.0. The molecule has 0 bridgehead atoms. The van der Waals surface area contributed by atoms with E-state index in [0.717, 1.165) is 31.0 Å². The molecule has 2 aromatic heterocycles. The molecule has 2 saturated heterocycles. The van der Waals surface area contributed by atoms with E-state index in [9.17, 15) is 9.59 Å². The molecule has 0 radical (unpaired) electrons. The minimum atomic E-state index is -0.248. The van der Waals surface area contributed by atoms with Crippen LogP contribution in [0.5, 0.6) is 23.0 Å². The molecule has 1 unspecified atom stereocenters. The van der Waals surface area contributed by atoms with Crippen LogP contribution in [0.3, 0.4) is 0 Å². The van der Waals surface area contributed by atoms with Gasteiger partial charge < -0.3 is 28.3 Å². The third kappa shape index (κ3) is 6.64. The van der Waals surface area contributed by atoms with Crippen molar-refractivity contribution in [1.29, 1.82) is 0 Å². The number of ether oxygens (including phenoxy) is 4. The number of rotatable bonds is 11. The Morgan fingerprint density at radius 3 is 2.46 bits per heavy atom. The van der Waals surface area contributed by atoms with Gasteiger partial charge in [-0.25, -0.2) is 0 Å². The van der Waals surface area contributed by atoms with Gasteiger partial charge in [-0.05, 0) is 42.3 Å². The average Bonchev–Trinajstić information content (AvgIpc) is 3.61. The fraction of sp³-hybridized carbons (Fsp3) is 0.382. The predicted octanol–water partition coefficient (Wildman–Crippen LogP) is 4.20. The van der Waals surface area contributed by atoms with Gasteiger partial charge in [0.15, 0.2) is 17.3 Å². The standard InChI is InChI=1S/C34H38N4O7S/c1-41-27-18-23(19-28(42-2)31(27)43-3)30-32(29(39)24-9-4-5-10-26(24)45-30)44-17-7-12-37-13-15-38(16-14-37)34(40)25-21-46-33(36-25)22-8-6-11-35-20-22/h4-6,8-11,18-20,25,33,36H,7,12-17,21H2,1-3H3/t25-,33?/m0/s1. The molecule has 2 aliphatic rings. The second kappa shape index (κ2) is 14.4. The molecule has 4 aromatic rings. The monoisotopic (exact) mass is 646 g/mol. The molecule has 2 fully saturated rings. The lowest BCUT2D eigenvalue weighted by Gasteiger charge is -2.36. The summed E-state index contributed by atoms with van der Waals surface area (Å²) in [7, 11) is 4.61. The Morgan fingerprint density at radius 1 is 1.00 bits per heavy atom. The minimum Gasteiger partial charge on any atom is -0.493 e. The van der Waals surface area contributed by atoms with Crippen LogP contribution in [0.2, 0.25) is 0 Å². The lowest BCUT2D eigenvalue weighted by atomic mass is 10.1. The van der Waals surface area contributed by atoms with Gasteiger partial charge in [-0.1, -0.05) is 18.2 Å². The van der Waals surface area contributed by atoms with Crippen LogP contribution in [-0.2, 0) is 4.79 Å². The average molecular weight is 647 g/mol. The third-order valence-electron chi connectivity index (χ3n) is 8.30. The number of fused-ring (bicyclic) bond motifs is 1. The number of nitrogens with zero attached hydrogens (tertiary/aromatic N) is 3. The molecule has 11 nitrogen and oxygen atoms in total. The molecule has 6 rings (SSSR count). The number of pyridine rings is 1. The highest BCUT2D eigenvalue weighted by Gasteiger charge is 2.34. The fourth-order valence-corrected chi connectivity index (χ4v) is 7.09. The first-order valence-corrected chi connectivity index (χ1v) is 16.3. The number of carbonyl (C=O) groups excluding carboxylic acids is 1. The van der Waals surface area contributed by atoms with Crippen LogP contribution >= 0.6 is 11.8 Å².